The SMILES string of the molecule is CN(C)CCCN(Cc1ccc(F)cc1)Cc1ccc(O)c(Cl)c1. The predicted octanol–water partition coefficient (Wildman–Crippen LogP) is 4.14. The van der Waals surface area contributed by atoms with Crippen molar-refractivity contribution in [2.24, 2.45) is 0 Å². The van der Waals surface area contributed by atoms with Gasteiger partial charge in [0.2, 0.25) is 0 Å². The lowest BCUT2D eigenvalue weighted by Crippen LogP contribution is -2.26. The Labute approximate surface area is 148 Å². The minimum Gasteiger partial charge on any atom is -0.506 e. The highest BCUT2D eigenvalue weighted by Crippen LogP contribution is 2.24. The monoisotopic (exact) mass is 350 g/mol. The van der Waals surface area contributed by atoms with Crippen molar-refractivity contribution in [1.82, 2.24) is 9.80 Å². The number of hydrogen-bond donors (Lipinski definition) is 1. The maximum atomic E-state index is 13.1. The van der Waals surface area contributed by atoms with Crippen molar-refractivity contribution in [3.05, 3.63) is 64.4 Å². The number of benzene rings is 2. The van der Waals surface area contributed by atoms with Gasteiger partial charge in [0.25, 0.3) is 0 Å². The summed E-state index contributed by atoms with van der Waals surface area (Å²) in [6.07, 6.45) is 1.04. The van der Waals surface area contributed by atoms with Crippen molar-refractivity contribution in [3.8, 4) is 5.75 Å². The zero-order valence-electron chi connectivity index (χ0n) is 14.2. The van der Waals surface area contributed by atoms with Crippen LogP contribution in [0.15, 0.2) is 42.5 Å². The van der Waals surface area contributed by atoms with Crippen LogP contribution in [-0.4, -0.2) is 42.1 Å². The minimum atomic E-state index is -0.219. The van der Waals surface area contributed by atoms with E-state index in [1.165, 1.54) is 12.1 Å². The van der Waals surface area contributed by atoms with Crippen LogP contribution < -0.4 is 0 Å². The molecule has 0 atom stereocenters. The van der Waals surface area contributed by atoms with Crippen molar-refractivity contribution in [3.63, 3.8) is 0 Å². The third kappa shape index (κ3) is 6.11. The first-order valence-electron chi connectivity index (χ1n) is 8.03. The van der Waals surface area contributed by atoms with Gasteiger partial charge in [-0.05, 0) is 62.5 Å². The van der Waals surface area contributed by atoms with Crippen LogP contribution in [0.4, 0.5) is 4.39 Å². The molecule has 0 aliphatic heterocycles. The number of phenolic OH excluding ortho intramolecular Hbond substituents is 1. The average Bonchev–Trinajstić information content (AvgIpc) is 2.52. The lowest BCUT2D eigenvalue weighted by atomic mass is 10.1. The van der Waals surface area contributed by atoms with E-state index in [0.717, 1.165) is 43.7 Å². The van der Waals surface area contributed by atoms with E-state index in [0.29, 0.717) is 5.02 Å². The molecule has 130 valence electrons. The van der Waals surface area contributed by atoms with Crippen LogP contribution >= 0.6 is 11.6 Å². The highest BCUT2D eigenvalue weighted by atomic mass is 35.5. The fourth-order valence-corrected chi connectivity index (χ4v) is 2.78. The largest absolute Gasteiger partial charge is 0.506 e. The van der Waals surface area contributed by atoms with Crippen LogP contribution in [0.25, 0.3) is 0 Å². The molecule has 0 aliphatic carbocycles. The van der Waals surface area contributed by atoms with Gasteiger partial charge in [-0.1, -0.05) is 29.8 Å². The maximum Gasteiger partial charge on any atom is 0.134 e. The first-order chi connectivity index (χ1) is 11.4. The summed E-state index contributed by atoms with van der Waals surface area (Å²) < 4.78 is 13.1. The Morgan fingerprint density at radius 1 is 0.958 bits per heavy atom. The predicted molar refractivity (Wildman–Crippen MR) is 96.8 cm³/mol. The molecule has 0 aromatic heterocycles. The van der Waals surface area contributed by atoms with Gasteiger partial charge in [-0.25, -0.2) is 4.39 Å². The fraction of sp³-hybridized carbons (Fsp3) is 0.368. The molecular weight excluding hydrogens is 327 g/mol. The van der Waals surface area contributed by atoms with E-state index in [-0.39, 0.29) is 11.6 Å². The molecule has 2 aromatic rings. The molecule has 0 heterocycles. The summed E-state index contributed by atoms with van der Waals surface area (Å²) >= 11 is 6.00. The normalized spacial score (nSPS) is 11.4. The minimum absolute atomic E-state index is 0.0955. The summed E-state index contributed by atoms with van der Waals surface area (Å²) in [5.41, 5.74) is 2.12. The Hall–Kier alpha value is -1.62. The highest BCUT2D eigenvalue weighted by molar-refractivity contribution is 6.32. The summed E-state index contributed by atoms with van der Waals surface area (Å²) in [5, 5.41) is 9.92. The molecule has 3 nitrogen and oxygen atoms in total. The topological polar surface area (TPSA) is 26.7 Å². The van der Waals surface area contributed by atoms with Gasteiger partial charge in [0.05, 0.1) is 5.02 Å². The number of halogens is 2. The molecule has 0 radical (unpaired) electrons. The second-order valence-electron chi connectivity index (χ2n) is 6.28. The van der Waals surface area contributed by atoms with E-state index in [2.05, 4.69) is 23.9 Å². The Bertz CT molecular complexity index is 646. The molecule has 0 saturated carbocycles. The average molecular weight is 351 g/mol. The van der Waals surface area contributed by atoms with Crippen LogP contribution in [0.3, 0.4) is 0 Å². The third-order valence-electron chi connectivity index (χ3n) is 3.82. The second-order valence-corrected chi connectivity index (χ2v) is 6.69. The fourth-order valence-electron chi connectivity index (χ4n) is 2.58. The number of rotatable bonds is 8. The lowest BCUT2D eigenvalue weighted by molar-refractivity contribution is 0.239. The number of aromatic hydroxyl groups is 1. The standard InChI is InChI=1S/C19H24ClFN2O/c1-22(2)10-3-11-23(13-15-4-7-17(21)8-5-15)14-16-6-9-19(24)18(20)12-16/h4-9,12,24H,3,10-11,13-14H2,1-2H3. The number of nitrogens with zero attached hydrogens (tertiary/aromatic N) is 2. The number of phenols is 1. The van der Waals surface area contributed by atoms with Crippen LogP contribution in [-0.2, 0) is 13.1 Å². The Morgan fingerprint density at radius 3 is 2.21 bits per heavy atom. The van der Waals surface area contributed by atoms with E-state index in [4.69, 9.17) is 11.6 Å². The lowest BCUT2D eigenvalue weighted by Gasteiger charge is -2.23. The van der Waals surface area contributed by atoms with Crippen molar-refractivity contribution < 1.29 is 9.50 Å². The molecule has 0 fully saturated rings. The van der Waals surface area contributed by atoms with Gasteiger partial charge in [-0.15, -0.1) is 0 Å². The number of hydrogen-bond acceptors (Lipinski definition) is 3. The summed E-state index contributed by atoms with van der Waals surface area (Å²) in [4.78, 5) is 4.47. The molecule has 0 amide bonds. The summed E-state index contributed by atoms with van der Waals surface area (Å²) in [7, 11) is 4.12. The quantitative estimate of drug-likeness (QED) is 0.775. The van der Waals surface area contributed by atoms with Crippen molar-refractivity contribution in [2.75, 3.05) is 27.2 Å². The molecule has 0 aliphatic rings. The van der Waals surface area contributed by atoms with Gasteiger partial charge in [0, 0.05) is 19.6 Å². The highest BCUT2D eigenvalue weighted by Gasteiger charge is 2.09. The van der Waals surface area contributed by atoms with Gasteiger partial charge in [-0.2, -0.15) is 0 Å². The van der Waals surface area contributed by atoms with Gasteiger partial charge in [-0.3, -0.25) is 4.90 Å². The van der Waals surface area contributed by atoms with Crippen LogP contribution in [0.2, 0.25) is 5.02 Å². The van der Waals surface area contributed by atoms with E-state index >= 15 is 0 Å². The summed E-state index contributed by atoms with van der Waals surface area (Å²) in [5.74, 6) is -0.124. The first-order valence-corrected chi connectivity index (χ1v) is 8.41. The molecule has 2 aromatic carbocycles. The molecule has 0 bridgehead atoms. The Balaban J connectivity index is 2.05. The Kier molecular flexibility index (Phi) is 7.03. The zero-order valence-corrected chi connectivity index (χ0v) is 14.9. The van der Waals surface area contributed by atoms with E-state index in [1.54, 1.807) is 12.1 Å². The molecule has 2 rings (SSSR count). The van der Waals surface area contributed by atoms with Gasteiger partial charge >= 0.3 is 0 Å². The van der Waals surface area contributed by atoms with E-state index < -0.39 is 0 Å². The molecule has 24 heavy (non-hydrogen) atoms. The van der Waals surface area contributed by atoms with Crippen molar-refractivity contribution in [2.45, 2.75) is 19.5 Å². The smallest absolute Gasteiger partial charge is 0.134 e. The maximum absolute atomic E-state index is 13.1. The molecule has 5 heteroatoms. The summed E-state index contributed by atoms with van der Waals surface area (Å²) in [6.45, 7) is 3.40. The van der Waals surface area contributed by atoms with E-state index in [9.17, 15) is 9.50 Å². The van der Waals surface area contributed by atoms with Crippen LogP contribution in [0.5, 0.6) is 5.75 Å². The van der Waals surface area contributed by atoms with Crippen LogP contribution in [0.1, 0.15) is 17.5 Å². The zero-order chi connectivity index (χ0) is 17.5. The van der Waals surface area contributed by atoms with Crippen LogP contribution in [0, 0.1) is 5.82 Å². The summed E-state index contributed by atoms with van der Waals surface area (Å²) in [6, 6.07) is 11.9. The third-order valence-corrected chi connectivity index (χ3v) is 4.12. The molecule has 0 saturated heterocycles. The van der Waals surface area contributed by atoms with Gasteiger partial charge in [0.15, 0.2) is 0 Å². The van der Waals surface area contributed by atoms with Gasteiger partial charge < -0.3 is 10.0 Å². The van der Waals surface area contributed by atoms with Gasteiger partial charge in [0.1, 0.15) is 11.6 Å². The Morgan fingerprint density at radius 2 is 1.58 bits per heavy atom. The second kappa shape index (κ2) is 9.02. The molecular formula is C19H24ClFN2O. The molecule has 1 N–H and O–H groups in total. The van der Waals surface area contributed by atoms with E-state index in [1.807, 2.05) is 18.2 Å². The molecule has 0 unspecified atom stereocenters. The molecule has 0 spiro atoms. The van der Waals surface area contributed by atoms with Crippen molar-refractivity contribution in [1.29, 1.82) is 0 Å². The first kappa shape index (κ1) is 18.7. The van der Waals surface area contributed by atoms with Crippen molar-refractivity contribution >= 4 is 11.6 Å².